The van der Waals surface area contributed by atoms with Gasteiger partial charge in [-0.1, -0.05) is 6.07 Å². The first-order valence-corrected chi connectivity index (χ1v) is 12.1. The number of hydrogen-bond acceptors (Lipinski definition) is 7. The van der Waals surface area contributed by atoms with Crippen LogP contribution in [0, 0.1) is 0 Å². The largest absolute Gasteiger partial charge is 0.497 e. The molecule has 1 fully saturated rings. The van der Waals surface area contributed by atoms with Crippen LogP contribution < -0.4 is 15.4 Å². The normalized spacial score (nSPS) is 17.3. The van der Waals surface area contributed by atoms with Crippen LogP contribution in [-0.2, 0) is 17.5 Å². The summed E-state index contributed by atoms with van der Waals surface area (Å²) < 4.78 is 20.8. The van der Waals surface area contributed by atoms with E-state index in [4.69, 9.17) is 9.84 Å². The molecule has 2 heterocycles. The number of ether oxygens (including phenoxy) is 1. The fraction of sp³-hybridized carbons (Fsp3) is 0.476. The molecule has 31 heavy (non-hydrogen) atoms. The molecule has 0 bridgehead atoms. The second-order valence-corrected chi connectivity index (χ2v) is 10.2. The molecule has 0 aliphatic carbocycles. The molecule has 3 rings (SSSR count). The van der Waals surface area contributed by atoms with Crippen molar-refractivity contribution in [1.82, 2.24) is 14.9 Å². The summed E-state index contributed by atoms with van der Waals surface area (Å²) in [6.45, 7) is 1.87. The number of amides is 1. The minimum Gasteiger partial charge on any atom is -0.497 e. The first-order chi connectivity index (χ1) is 15.0. The average Bonchev–Trinajstić information content (AvgIpc) is 3.30. The molecule has 1 aromatic heterocycles. The number of nitrogens with zero attached hydrogens (tertiary/aromatic N) is 1. The molecule has 1 aliphatic rings. The molecule has 2 aromatic rings. The number of nitrogens with one attached hydrogen (secondary N) is 2. The molecule has 0 radical (unpaired) electrons. The summed E-state index contributed by atoms with van der Waals surface area (Å²) in [5, 5.41) is 24.5. The lowest BCUT2D eigenvalue weighted by Gasteiger charge is -2.31. The summed E-state index contributed by atoms with van der Waals surface area (Å²) in [5.74, 6) is 0.445. The first-order valence-electron chi connectivity index (χ1n) is 10.2. The molecular formula is C21H29N3O5S2. The maximum Gasteiger partial charge on any atom is 0.251 e. The Kier molecular flexibility index (Phi) is 9.00. The molecule has 1 aromatic carbocycles. The summed E-state index contributed by atoms with van der Waals surface area (Å²) in [6, 6.07) is 11.0. The summed E-state index contributed by atoms with van der Waals surface area (Å²) >= 11 is 1.44. The molecule has 1 amide bonds. The number of rotatable bonds is 10. The molecule has 8 nitrogen and oxygen atoms in total. The van der Waals surface area contributed by atoms with Gasteiger partial charge in [0, 0.05) is 36.1 Å². The molecule has 10 heteroatoms. The molecule has 170 valence electrons. The predicted octanol–water partition coefficient (Wildman–Crippen LogP) is 1.12. The van der Waals surface area contributed by atoms with E-state index in [0.29, 0.717) is 37.5 Å². The molecule has 1 aliphatic heterocycles. The van der Waals surface area contributed by atoms with Gasteiger partial charge in [0.25, 0.3) is 5.91 Å². The van der Waals surface area contributed by atoms with Crippen LogP contribution in [0.1, 0.15) is 28.1 Å². The van der Waals surface area contributed by atoms with Gasteiger partial charge < -0.3 is 25.6 Å². The Morgan fingerprint density at radius 2 is 2.10 bits per heavy atom. The lowest BCUT2D eigenvalue weighted by atomic mass is 10.1. The number of carbonyl (C=O) groups excluding carboxylic acids is 1. The number of carbonyl (C=O) groups is 1. The highest BCUT2D eigenvalue weighted by Gasteiger charge is 2.24. The molecule has 4 N–H and O–H groups in total. The van der Waals surface area contributed by atoms with E-state index in [1.54, 1.807) is 31.4 Å². The first kappa shape index (κ1) is 23.8. The number of aliphatic hydroxyl groups is 2. The summed E-state index contributed by atoms with van der Waals surface area (Å²) in [6.07, 6.45) is 0.915. The minimum absolute atomic E-state index is 0.184. The Bertz CT molecular complexity index is 883. The summed E-state index contributed by atoms with van der Waals surface area (Å²) in [7, 11) is 0.333. The lowest BCUT2D eigenvalue weighted by molar-refractivity contribution is 0.0897. The van der Waals surface area contributed by atoms with E-state index in [1.807, 2.05) is 16.4 Å². The van der Waals surface area contributed by atoms with Gasteiger partial charge in [0.2, 0.25) is 0 Å². The van der Waals surface area contributed by atoms with Gasteiger partial charge in [-0.2, -0.15) is 0 Å². The SMILES string of the molecule is COc1cccc(C(=O)NCc2ccc(S(=O)N3CCC(NCC(O)CO)CC3)s2)c1. The van der Waals surface area contributed by atoms with Gasteiger partial charge in [-0.3, -0.25) is 4.79 Å². The Morgan fingerprint density at radius 1 is 1.32 bits per heavy atom. The lowest BCUT2D eigenvalue weighted by Crippen LogP contribution is -2.45. The van der Waals surface area contributed by atoms with Crippen LogP contribution in [0.15, 0.2) is 40.6 Å². The number of hydrogen-bond donors (Lipinski definition) is 4. The highest BCUT2D eigenvalue weighted by atomic mass is 32.2. The van der Waals surface area contributed by atoms with Crippen LogP contribution in [-0.4, -0.2) is 70.1 Å². The quantitative estimate of drug-likeness (QED) is 0.417. The van der Waals surface area contributed by atoms with E-state index in [2.05, 4.69) is 10.6 Å². The van der Waals surface area contributed by atoms with Gasteiger partial charge in [-0.25, -0.2) is 8.51 Å². The number of benzene rings is 1. The van der Waals surface area contributed by atoms with Gasteiger partial charge in [-0.15, -0.1) is 11.3 Å². The fourth-order valence-electron chi connectivity index (χ4n) is 3.30. The van der Waals surface area contributed by atoms with Crippen molar-refractivity contribution in [3.63, 3.8) is 0 Å². The smallest absolute Gasteiger partial charge is 0.251 e. The maximum absolute atomic E-state index is 12.9. The van der Waals surface area contributed by atoms with Gasteiger partial charge in [0.1, 0.15) is 20.9 Å². The Hall–Kier alpha value is -1.82. The number of aliphatic hydroxyl groups excluding tert-OH is 2. The second-order valence-electron chi connectivity index (χ2n) is 7.33. The number of methoxy groups -OCH3 is 1. The van der Waals surface area contributed by atoms with Crippen molar-refractivity contribution in [2.75, 3.05) is 33.4 Å². The topological polar surface area (TPSA) is 111 Å². The minimum atomic E-state index is -1.23. The third-order valence-electron chi connectivity index (χ3n) is 5.11. The summed E-state index contributed by atoms with van der Waals surface area (Å²) in [5.41, 5.74) is 0.530. The van der Waals surface area contributed by atoms with E-state index in [0.717, 1.165) is 21.9 Å². The van der Waals surface area contributed by atoms with Gasteiger partial charge >= 0.3 is 0 Å². The zero-order chi connectivity index (χ0) is 22.2. The average molecular weight is 468 g/mol. The molecule has 2 atom stereocenters. The van der Waals surface area contributed by atoms with Crippen LogP contribution >= 0.6 is 11.3 Å². The Labute approximate surface area is 188 Å². The zero-order valence-electron chi connectivity index (χ0n) is 17.5. The predicted molar refractivity (Wildman–Crippen MR) is 121 cm³/mol. The van der Waals surface area contributed by atoms with Crippen molar-refractivity contribution in [2.24, 2.45) is 0 Å². The third-order valence-corrected chi connectivity index (χ3v) is 7.98. The van der Waals surface area contributed by atoms with Crippen molar-refractivity contribution in [3.8, 4) is 5.75 Å². The zero-order valence-corrected chi connectivity index (χ0v) is 19.1. The van der Waals surface area contributed by atoms with Gasteiger partial charge in [0.15, 0.2) is 0 Å². The maximum atomic E-state index is 12.9. The van der Waals surface area contributed by atoms with Crippen molar-refractivity contribution >= 4 is 28.2 Å². The Morgan fingerprint density at radius 3 is 2.81 bits per heavy atom. The monoisotopic (exact) mass is 467 g/mol. The fourth-order valence-corrected chi connectivity index (χ4v) is 5.88. The van der Waals surface area contributed by atoms with E-state index in [-0.39, 0.29) is 18.6 Å². The standard InChI is InChI=1S/C21H29N3O5S2/c1-29-18-4-2-3-15(11-18)21(27)23-13-19-5-6-20(30-19)31(28)24-9-7-16(8-10-24)22-12-17(26)14-25/h2-6,11,16-17,22,25-26H,7-10,12-14H2,1H3,(H,23,27). The molecule has 1 saturated heterocycles. The Balaban J connectivity index is 1.47. The number of piperidine rings is 1. The molecule has 0 spiro atoms. The van der Waals surface area contributed by atoms with Crippen LogP contribution in [0.2, 0.25) is 0 Å². The van der Waals surface area contributed by atoms with Crippen LogP contribution in [0.25, 0.3) is 0 Å². The third kappa shape index (κ3) is 6.83. The van der Waals surface area contributed by atoms with Crippen LogP contribution in [0.4, 0.5) is 0 Å². The van der Waals surface area contributed by atoms with E-state index in [1.165, 1.54) is 11.3 Å². The van der Waals surface area contributed by atoms with E-state index >= 15 is 0 Å². The van der Waals surface area contributed by atoms with E-state index in [9.17, 15) is 14.1 Å². The molecular weight excluding hydrogens is 438 g/mol. The number of thiophene rings is 1. The highest BCUT2D eigenvalue weighted by molar-refractivity contribution is 7.85. The van der Waals surface area contributed by atoms with Crippen LogP contribution in [0.3, 0.4) is 0 Å². The van der Waals surface area contributed by atoms with E-state index < -0.39 is 17.1 Å². The summed E-state index contributed by atoms with van der Waals surface area (Å²) in [4.78, 5) is 13.3. The highest BCUT2D eigenvalue weighted by Crippen LogP contribution is 2.24. The van der Waals surface area contributed by atoms with Gasteiger partial charge in [0.05, 0.1) is 26.4 Å². The van der Waals surface area contributed by atoms with Crippen LogP contribution in [0.5, 0.6) is 5.75 Å². The molecule has 0 saturated carbocycles. The van der Waals surface area contributed by atoms with Gasteiger partial charge in [-0.05, 0) is 43.2 Å². The van der Waals surface area contributed by atoms with Crippen molar-refractivity contribution in [3.05, 3.63) is 46.8 Å². The second kappa shape index (κ2) is 11.7. The van der Waals surface area contributed by atoms with Crippen molar-refractivity contribution in [1.29, 1.82) is 0 Å². The molecule has 2 unspecified atom stereocenters. The van der Waals surface area contributed by atoms with Crippen molar-refractivity contribution < 1.29 is 24.0 Å². The van der Waals surface area contributed by atoms with Crippen molar-refractivity contribution in [2.45, 2.75) is 35.7 Å².